The van der Waals surface area contributed by atoms with Crippen LogP contribution in [0.3, 0.4) is 0 Å². The molecule has 0 amide bonds. The van der Waals surface area contributed by atoms with Crippen LogP contribution >= 0.6 is 0 Å². The van der Waals surface area contributed by atoms with E-state index in [1.807, 2.05) is 6.92 Å². The summed E-state index contributed by atoms with van der Waals surface area (Å²) in [5.74, 6) is 0.724. The van der Waals surface area contributed by atoms with Crippen molar-refractivity contribution in [3.8, 4) is 0 Å². The van der Waals surface area contributed by atoms with Crippen molar-refractivity contribution in [1.29, 1.82) is 0 Å². The molecular weight excluding hydrogens is 256 g/mol. The van der Waals surface area contributed by atoms with Gasteiger partial charge in [-0.2, -0.15) is 0 Å². The van der Waals surface area contributed by atoms with Crippen molar-refractivity contribution in [2.24, 2.45) is 5.92 Å². The molecule has 0 bridgehead atoms. The second kappa shape index (κ2) is 7.77. The molecule has 6 heteroatoms. The zero-order valence-corrected chi connectivity index (χ0v) is 12.7. The molecule has 0 aliphatic heterocycles. The third-order valence-electron chi connectivity index (χ3n) is 3.67. The summed E-state index contributed by atoms with van der Waals surface area (Å²) in [5.41, 5.74) is 5.31. The van der Waals surface area contributed by atoms with Gasteiger partial charge in [-0.15, -0.1) is 0 Å². The third-order valence-corrected chi connectivity index (χ3v) is 3.67. The van der Waals surface area contributed by atoms with Crippen molar-refractivity contribution >= 4 is 11.5 Å². The highest BCUT2D eigenvalue weighted by molar-refractivity contribution is 5.60. The van der Waals surface area contributed by atoms with Crippen molar-refractivity contribution in [1.82, 2.24) is 9.55 Å². The van der Waals surface area contributed by atoms with Gasteiger partial charge in [0, 0.05) is 13.1 Å². The zero-order valence-electron chi connectivity index (χ0n) is 12.7. The van der Waals surface area contributed by atoms with Crippen LogP contribution in [0.2, 0.25) is 0 Å². The standard InChI is InChI=1S/C14H26N4O2/c1-4-7-8-10(5-2)9-16-11-12(15)18(6-3)14(20)17-13(11)19/h10,16H,4-9,15H2,1-3H3,(H,17,19,20). The van der Waals surface area contributed by atoms with Gasteiger partial charge in [0.25, 0.3) is 5.56 Å². The van der Waals surface area contributed by atoms with Gasteiger partial charge in [0.05, 0.1) is 0 Å². The monoisotopic (exact) mass is 282 g/mol. The first kappa shape index (κ1) is 16.3. The highest BCUT2D eigenvalue weighted by Gasteiger charge is 2.13. The first-order chi connectivity index (χ1) is 9.54. The number of aromatic amines is 1. The van der Waals surface area contributed by atoms with Crippen molar-refractivity contribution in [3.63, 3.8) is 0 Å². The van der Waals surface area contributed by atoms with Gasteiger partial charge >= 0.3 is 5.69 Å². The summed E-state index contributed by atoms with van der Waals surface area (Å²) in [7, 11) is 0. The van der Waals surface area contributed by atoms with E-state index in [1.165, 1.54) is 17.4 Å². The minimum Gasteiger partial charge on any atom is -0.383 e. The van der Waals surface area contributed by atoms with Crippen molar-refractivity contribution in [3.05, 3.63) is 20.8 Å². The van der Waals surface area contributed by atoms with E-state index in [9.17, 15) is 9.59 Å². The van der Waals surface area contributed by atoms with E-state index in [4.69, 9.17) is 5.73 Å². The fraction of sp³-hybridized carbons (Fsp3) is 0.714. The van der Waals surface area contributed by atoms with Gasteiger partial charge in [0.15, 0.2) is 0 Å². The maximum Gasteiger partial charge on any atom is 0.330 e. The van der Waals surface area contributed by atoms with E-state index in [1.54, 1.807) is 0 Å². The molecule has 114 valence electrons. The van der Waals surface area contributed by atoms with Crippen LogP contribution in [-0.2, 0) is 6.54 Å². The molecule has 1 atom stereocenters. The van der Waals surface area contributed by atoms with E-state index in [2.05, 4.69) is 24.1 Å². The summed E-state index contributed by atoms with van der Waals surface area (Å²) in [6, 6.07) is 0. The van der Waals surface area contributed by atoms with Gasteiger partial charge < -0.3 is 11.1 Å². The van der Waals surface area contributed by atoms with Crippen LogP contribution in [-0.4, -0.2) is 16.1 Å². The Morgan fingerprint density at radius 2 is 2.00 bits per heavy atom. The van der Waals surface area contributed by atoms with Crippen LogP contribution in [0.15, 0.2) is 9.59 Å². The lowest BCUT2D eigenvalue weighted by atomic mass is 9.99. The Hall–Kier alpha value is -1.72. The van der Waals surface area contributed by atoms with Gasteiger partial charge in [-0.05, 0) is 19.3 Å². The van der Waals surface area contributed by atoms with Crippen molar-refractivity contribution in [2.45, 2.75) is 53.0 Å². The normalized spacial score (nSPS) is 12.3. The van der Waals surface area contributed by atoms with Crippen LogP contribution in [0, 0.1) is 5.92 Å². The summed E-state index contributed by atoms with van der Waals surface area (Å²) < 4.78 is 1.36. The van der Waals surface area contributed by atoms with Gasteiger partial charge in [0.2, 0.25) is 0 Å². The highest BCUT2D eigenvalue weighted by Crippen LogP contribution is 2.15. The number of nitrogens with zero attached hydrogens (tertiary/aromatic N) is 1. The summed E-state index contributed by atoms with van der Waals surface area (Å²) in [5, 5.41) is 3.11. The van der Waals surface area contributed by atoms with E-state index in [0.29, 0.717) is 24.7 Å². The van der Waals surface area contributed by atoms with E-state index < -0.39 is 11.2 Å². The third kappa shape index (κ3) is 3.88. The lowest BCUT2D eigenvalue weighted by molar-refractivity contribution is 0.472. The minimum absolute atomic E-state index is 0.214. The lowest BCUT2D eigenvalue weighted by Gasteiger charge is -2.17. The molecule has 0 fully saturated rings. The number of anilines is 2. The zero-order chi connectivity index (χ0) is 15.1. The molecule has 0 spiro atoms. The van der Waals surface area contributed by atoms with Crippen LogP contribution in [0.4, 0.5) is 11.5 Å². The van der Waals surface area contributed by atoms with Gasteiger partial charge in [-0.3, -0.25) is 14.3 Å². The largest absolute Gasteiger partial charge is 0.383 e. The molecule has 20 heavy (non-hydrogen) atoms. The second-order valence-corrected chi connectivity index (χ2v) is 5.06. The molecule has 4 N–H and O–H groups in total. The molecule has 6 nitrogen and oxygen atoms in total. The lowest BCUT2D eigenvalue weighted by Crippen LogP contribution is -2.34. The van der Waals surface area contributed by atoms with Crippen molar-refractivity contribution < 1.29 is 0 Å². The summed E-state index contributed by atoms with van der Waals surface area (Å²) in [6.07, 6.45) is 4.53. The maximum absolute atomic E-state index is 11.8. The van der Waals surface area contributed by atoms with Crippen LogP contribution in [0.25, 0.3) is 0 Å². The second-order valence-electron chi connectivity index (χ2n) is 5.06. The molecule has 1 aromatic rings. The molecule has 0 aromatic carbocycles. The van der Waals surface area contributed by atoms with Gasteiger partial charge in [0.1, 0.15) is 11.5 Å². The van der Waals surface area contributed by atoms with Crippen molar-refractivity contribution in [2.75, 3.05) is 17.6 Å². The van der Waals surface area contributed by atoms with Crippen LogP contribution in [0.5, 0.6) is 0 Å². The predicted molar refractivity (Wildman–Crippen MR) is 83.2 cm³/mol. The molecule has 1 unspecified atom stereocenters. The molecule has 0 saturated heterocycles. The fourth-order valence-electron chi connectivity index (χ4n) is 2.26. The number of unbranched alkanes of at least 4 members (excludes halogenated alkanes) is 1. The Labute approximate surface area is 119 Å². The Kier molecular flexibility index (Phi) is 6.35. The Morgan fingerprint density at radius 1 is 1.30 bits per heavy atom. The topological polar surface area (TPSA) is 92.9 Å². The number of aromatic nitrogens is 2. The number of hydrogen-bond donors (Lipinski definition) is 3. The Bertz CT molecular complexity index is 533. The van der Waals surface area contributed by atoms with E-state index in [-0.39, 0.29) is 5.82 Å². The number of hydrogen-bond acceptors (Lipinski definition) is 4. The van der Waals surface area contributed by atoms with Gasteiger partial charge in [-0.1, -0.05) is 33.1 Å². The SMILES string of the molecule is CCCCC(CC)CNc1c(N)n(CC)c(=O)[nH]c1=O. The van der Waals surface area contributed by atoms with Crippen LogP contribution < -0.4 is 22.3 Å². The van der Waals surface area contributed by atoms with Crippen LogP contribution in [0.1, 0.15) is 46.5 Å². The number of nitrogens with two attached hydrogens (primary N) is 1. The maximum atomic E-state index is 11.8. The Balaban J connectivity index is 2.87. The Morgan fingerprint density at radius 3 is 2.55 bits per heavy atom. The summed E-state index contributed by atoms with van der Waals surface area (Å²) in [6.45, 7) is 7.26. The number of rotatable bonds is 8. The average Bonchev–Trinajstić information content (AvgIpc) is 2.42. The minimum atomic E-state index is -0.460. The molecule has 0 radical (unpaired) electrons. The average molecular weight is 282 g/mol. The number of H-pyrrole nitrogens is 1. The molecular formula is C14H26N4O2. The molecule has 1 aromatic heterocycles. The fourth-order valence-corrected chi connectivity index (χ4v) is 2.26. The predicted octanol–water partition coefficient (Wildman–Crippen LogP) is 1.77. The molecule has 0 aliphatic carbocycles. The first-order valence-electron chi connectivity index (χ1n) is 7.41. The molecule has 1 heterocycles. The van der Waals surface area contributed by atoms with E-state index >= 15 is 0 Å². The highest BCUT2D eigenvalue weighted by atomic mass is 16.2. The molecule has 0 aliphatic rings. The summed E-state index contributed by atoms with van der Waals surface area (Å²) >= 11 is 0. The molecule has 1 rings (SSSR count). The summed E-state index contributed by atoms with van der Waals surface area (Å²) in [4.78, 5) is 25.7. The van der Waals surface area contributed by atoms with Gasteiger partial charge in [-0.25, -0.2) is 4.79 Å². The van der Waals surface area contributed by atoms with E-state index in [0.717, 1.165) is 12.8 Å². The smallest absolute Gasteiger partial charge is 0.330 e. The quantitative estimate of drug-likeness (QED) is 0.677. The first-order valence-corrected chi connectivity index (χ1v) is 7.41. The molecule has 0 saturated carbocycles. The number of nitrogen functional groups attached to an aromatic ring is 1. The number of nitrogens with one attached hydrogen (secondary N) is 2.